The van der Waals surface area contributed by atoms with Crippen LogP contribution in [-0.4, -0.2) is 44.3 Å². The number of carboxylic acids is 4. The molecule has 6 rings (SSSR count). The van der Waals surface area contributed by atoms with Crippen LogP contribution in [-0.2, 0) is 6.42 Å². The van der Waals surface area contributed by atoms with Crippen molar-refractivity contribution in [2.24, 2.45) is 0 Å². The largest absolute Gasteiger partial charge is 0.478 e. The molecule has 196 valence electrons. The van der Waals surface area contributed by atoms with Crippen LogP contribution in [0.25, 0.3) is 54.2 Å². The minimum absolute atomic E-state index is 0.0492. The van der Waals surface area contributed by atoms with Crippen molar-refractivity contribution in [2.75, 3.05) is 0 Å². The van der Waals surface area contributed by atoms with Crippen LogP contribution in [0.3, 0.4) is 0 Å². The van der Waals surface area contributed by atoms with Crippen LogP contribution < -0.4 is 0 Å². The first kappa shape index (κ1) is 24.8. The highest BCUT2D eigenvalue weighted by Gasteiger charge is 2.28. The Balaban J connectivity index is 2.03. The van der Waals surface area contributed by atoms with E-state index in [1.807, 2.05) is 31.2 Å². The molecule has 8 nitrogen and oxygen atoms in total. The Morgan fingerprint density at radius 3 is 1.50 bits per heavy atom. The van der Waals surface area contributed by atoms with Gasteiger partial charge in [0.15, 0.2) is 0 Å². The maximum absolute atomic E-state index is 12.6. The average molecular weight is 533 g/mol. The molecule has 4 N–H and O–H groups in total. The van der Waals surface area contributed by atoms with Gasteiger partial charge in [-0.2, -0.15) is 0 Å². The molecule has 0 heterocycles. The fourth-order valence-corrected chi connectivity index (χ4v) is 6.01. The molecule has 0 saturated carbocycles. The topological polar surface area (TPSA) is 149 Å². The second-order valence-corrected chi connectivity index (χ2v) is 9.56. The highest BCUT2D eigenvalue weighted by Crippen LogP contribution is 2.48. The van der Waals surface area contributed by atoms with Gasteiger partial charge in [-0.1, -0.05) is 49.4 Å². The third-order valence-electron chi connectivity index (χ3n) is 7.61. The molecular weight excluding hydrogens is 512 g/mol. The maximum atomic E-state index is 12.6. The lowest BCUT2D eigenvalue weighted by atomic mass is 9.81. The molecule has 0 aliphatic heterocycles. The van der Waals surface area contributed by atoms with Crippen LogP contribution in [0, 0.1) is 0 Å². The van der Waals surface area contributed by atoms with Gasteiger partial charge in [0.1, 0.15) is 0 Å². The van der Waals surface area contributed by atoms with E-state index in [0.29, 0.717) is 44.3 Å². The first-order valence-electron chi connectivity index (χ1n) is 12.4. The quantitative estimate of drug-likeness (QED) is 0.136. The molecule has 40 heavy (non-hydrogen) atoms. The Hall–Kier alpha value is -5.50. The molecule has 0 spiro atoms. The van der Waals surface area contributed by atoms with E-state index in [0.717, 1.165) is 11.1 Å². The minimum atomic E-state index is -1.29. The number of aryl methyl sites for hydroxylation is 1. The first-order chi connectivity index (χ1) is 19.1. The predicted molar refractivity (Wildman–Crippen MR) is 150 cm³/mol. The van der Waals surface area contributed by atoms with Crippen LogP contribution >= 0.6 is 0 Å². The zero-order valence-electron chi connectivity index (χ0n) is 21.0. The van der Waals surface area contributed by atoms with Crippen LogP contribution in [0.4, 0.5) is 0 Å². The lowest BCUT2D eigenvalue weighted by Crippen LogP contribution is -2.08. The summed E-state index contributed by atoms with van der Waals surface area (Å²) in [6, 6.07) is 17.7. The summed E-state index contributed by atoms with van der Waals surface area (Å²) >= 11 is 0. The summed E-state index contributed by atoms with van der Waals surface area (Å²) in [6.07, 6.45) is 0.630. The molecule has 0 fully saturated rings. The molecule has 0 aromatic heterocycles. The molecule has 6 aromatic carbocycles. The first-order valence-corrected chi connectivity index (χ1v) is 12.4. The molecule has 0 unspecified atom stereocenters. The van der Waals surface area contributed by atoms with Crippen LogP contribution in [0.1, 0.15) is 53.9 Å². The zero-order chi connectivity index (χ0) is 28.5. The van der Waals surface area contributed by atoms with Crippen molar-refractivity contribution in [3.8, 4) is 11.1 Å². The van der Waals surface area contributed by atoms with Crippen molar-refractivity contribution >= 4 is 67.0 Å². The zero-order valence-corrected chi connectivity index (χ0v) is 21.0. The molecule has 0 aliphatic carbocycles. The van der Waals surface area contributed by atoms with Crippen LogP contribution in [0.2, 0.25) is 0 Å². The Morgan fingerprint density at radius 1 is 0.500 bits per heavy atom. The summed E-state index contributed by atoms with van der Waals surface area (Å²) in [5.74, 6) is -5.16. The fourth-order valence-electron chi connectivity index (χ4n) is 6.01. The van der Waals surface area contributed by atoms with Gasteiger partial charge >= 0.3 is 23.9 Å². The average Bonchev–Trinajstić information content (AvgIpc) is 2.94. The number of hydrogen-bond acceptors (Lipinski definition) is 4. The number of carbonyl (C=O) groups is 4. The second-order valence-electron chi connectivity index (χ2n) is 9.56. The highest BCUT2D eigenvalue weighted by atomic mass is 16.4. The maximum Gasteiger partial charge on any atom is 0.336 e. The van der Waals surface area contributed by atoms with Gasteiger partial charge in [0.05, 0.1) is 22.3 Å². The Morgan fingerprint density at radius 2 is 0.975 bits per heavy atom. The van der Waals surface area contributed by atoms with Crippen molar-refractivity contribution < 1.29 is 39.6 Å². The summed E-state index contributed by atoms with van der Waals surface area (Å²) in [4.78, 5) is 49.4. The van der Waals surface area contributed by atoms with Crippen LogP contribution in [0.15, 0.2) is 66.7 Å². The lowest BCUT2D eigenvalue weighted by Gasteiger charge is -2.22. The fraction of sp³-hybridized carbons (Fsp3) is 0.0625. The number of carboxylic acid groups (broad SMARTS) is 4. The number of benzene rings is 6. The summed E-state index contributed by atoms with van der Waals surface area (Å²) in [5.41, 5.74) is 1.47. The predicted octanol–water partition coefficient (Wildman–Crippen LogP) is 6.76. The van der Waals surface area contributed by atoms with E-state index in [-0.39, 0.29) is 33.0 Å². The van der Waals surface area contributed by atoms with Crippen molar-refractivity contribution in [2.45, 2.75) is 13.3 Å². The monoisotopic (exact) mass is 532 g/mol. The van der Waals surface area contributed by atoms with E-state index in [1.54, 1.807) is 18.2 Å². The molecule has 0 atom stereocenters. The van der Waals surface area contributed by atoms with E-state index in [9.17, 15) is 39.6 Å². The third-order valence-corrected chi connectivity index (χ3v) is 7.61. The third kappa shape index (κ3) is 3.32. The van der Waals surface area contributed by atoms with Gasteiger partial charge < -0.3 is 20.4 Å². The van der Waals surface area contributed by atoms with Gasteiger partial charge in [-0.25, -0.2) is 19.2 Å². The molecule has 0 amide bonds. The molecule has 8 heteroatoms. The van der Waals surface area contributed by atoms with E-state index in [1.165, 1.54) is 24.3 Å². The van der Waals surface area contributed by atoms with Crippen molar-refractivity contribution in [1.29, 1.82) is 0 Å². The van der Waals surface area contributed by atoms with Gasteiger partial charge in [0.25, 0.3) is 0 Å². The normalized spacial score (nSPS) is 11.5. The summed E-state index contributed by atoms with van der Waals surface area (Å²) in [5, 5.41) is 43.2. The molecule has 0 radical (unpaired) electrons. The van der Waals surface area contributed by atoms with E-state index < -0.39 is 23.9 Å². The standard InChI is InChI=1S/C32H20O8/c1-2-14-5-3-4-6-15(14)22-13-23(32(39)40)27-21(31(37)38)11-8-17-16-7-10-19(29(33)34)26-20(30(35)36)12-9-18(24(16)26)25(22)28(17)27/h3-13H,2H2,1H3,(H,33,34)(H,35,36)(H,37,38)(H,39,40). The van der Waals surface area contributed by atoms with E-state index in [4.69, 9.17) is 0 Å². The Kier molecular flexibility index (Phi) is 5.44. The molecule has 0 aliphatic rings. The van der Waals surface area contributed by atoms with Gasteiger partial charge in [-0.05, 0) is 79.7 Å². The van der Waals surface area contributed by atoms with Gasteiger partial charge in [0, 0.05) is 10.8 Å². The number of rotatable bonds is 6. The van der Waals surface area contributed by atoms with Crippen molar-refractivity contribution in [3.63, 3.8) is 0 Å². The summed E-state index contributed by atoms with van der Waals surface area (Å²) in [6.45, 7) is 1.96. The number of aromatic carboxylic acids is 4. The second kappa shape index (κ2) is 8.78. The smallest absolute Gasteiger partial charge is 0.336 e. The highest BCUT2D eigenvalue weighted by molar-refractivity contribution is 6.40. The lowest BCUT2D eigenvalue weighted by molar-refractivity contribution is 0.0681. The minimum Gasteiger partial charge on any atom is -0.478 e. The van der Waals surface area contributed by atoms with Crippen molar-refractivity contribution in [1.82, 2.24) is 0 Å². The van der Waals surface area contributed by atoms with E-state index in [2.05, 4.69) is 0 Å². The number of hydrogen-bond donors (Lipinski definition) is 4. The molecule has 0 saturated heterocycles. The van der Waals surface area contributed by atoms with Gasteiger partial charge in [-0.3, -0.25) is 0 Å². The summed E-state index contributed by atoms with van der Waals surface area (Å²) < 4.78 is 0. The van der Waals surface area contributed by atoms with Gasteiger partial charge in [-0.15, -0.1) is 0 Å². The van der Waals surface area contributed by atoms with Gasteiger partial charge in [0.2, 0.25) is 0 Å². The van der Waals surface area contributed by atoms with Crippen LogP contribution in [0.5, 0.6) is 0 Å². The molecule has 6 aromatic rings. The molecular formula is C32H20O8. The Bertz CT molecular complexity index is 2080. The number of fused-ring (bicyclic) bond motifs is 2. The SMILES string of the molecule is CCc1ccccc1-c1cc(C(=O)O)c2c(C(=O)O)ccc3c4ccc(C(=O)O)c5c(C(=O)O)ccc(c1c23)c54. The van der Waals surface area contributed by atoms with Crippen molar-refractivity contribution in [3.05, 3.63) is 94.5 Å². The summed E-state index contributed by atoms with van der Waals surface area (Å²) in [7, 11) is 0. The Labute approximate surface area is 225 Å². The van der Waals surface area contributed by atoms with E-state index >= 15 is 0 Å². The molecule has 0 bridgehead atoms.